The molecule has 1 fully saturated rings. The number of para-hydroxylation sites is 1. The molecule has 2 aliphatic heterocycles. The van der Waals surface area contributed by atoms with Crippen LogP contribution >= 0.6 is 0 Å². The van der Waals surface area contributed by atoms with Gasteiger partial charge in [-0.1, -0.05) is 12.1 Å². The minimum absolute atomic E-state index is 0.109. The molecule has 1 atom stereocenters. The third-order valence-electron chi connectivity index (χ3n) is 7.30. The maximum Gasteiger partial charge on any atom is 0.327 e. The fourth-order valence-electron chi connectivity index (χ4n) is 5.47. The second-order valence-corrected chi connectivity index (χ2v) is 10.0. The fraction of sp³-hybridized carbons (Fsp3) is 0.444. The van der Waals surface area contributed by atoms with Crippen molar-refractivity contribution >= 4 is 22.3 Å². The average molecular weight is 522 g/mol. The van der Waals surface area contributed by atoms with Crippen molar-refractivity contribution in [3.63, 3.8) is 0 Å². The maximum absolute atomic E-state index is 15.6. The minimum atomic E-state index is -3.41. The Morgan fingerprint density at radius 2 is 1.95 bits per heavy atom. The Hall–Kier alpha value is -2.98. The average Bonchev–Trinajstić information content (AvgIpc) is 3.21. The highest BCUT2D eigenvalue weighted by Gasteiger charge is 2.44. The van der Waals surface area contributed by atoms with Crippen LogP contribution in [-0.2, 0) is 6.42 Å². The lowest BCUT2D eigenvalue weighted by atomic mass is 9.91. The number of nitrogens with one attached hydrogen (secondary N) is 2. The number of fused-ring (bicyclic) bond motifs is 3. The number of aromatic nitrogens is 1. The van der Waals surface area contributed by atoms with E-state index in [0.29, 0.717) is 41.9 Å². The summed E-state index contributed by atoms with van der Waals surface area (Å²) in [5.41, 5.74) is 2.75. The van der Waals surface area contributed by atoms with Gasteiger partial charge < -0.3 is 15.4 Å². The van der Waals surface area contributed by atoms with Crippen molar-refractivity contribution < 1.29 is 31.6 Å². The minimum Gasteiger partial charge on any atom is -0.390 e. The second kappa shape index (κ2) is 10.1. The fourth-order valence-corrected chi connectivity index (χ4v) is 5.47. The predicted molar refractivity (Wildman–Crippen MR) is 132 cm³/mol. The Kier molecular flexibility index (Phi) is 6.97. The molecule has 3 N–H and O–H groups in total. The van der Waals surface area contributed by atoms with Crippen LogP contribution < -0.4 is 5.32 Å². The van der Waals surface area contributed by atoms with Crippen molar-refractivity contribution in [3.05, 3.63) is 64.9 Å². The zero-order chi connectivity index (χ0) is 26.3. The molecule has 2 aliphatic rings. The summed E-state index contributed by atoms with van der Waals surface area (Å²) in [6.45, 7) is 1.33. The SMILES string of the molecule is CC1=[N+](CC(F)(F)CO)C(c2ccc(NC3CN(CCCF)C3)cc2F)c2[nH]c3c(F)cccc3c2C1. The summed E-state index contributed by atoms with van der Waals surface area (Å²) in [6.07, 6.45) is 0.776. The number of aromatic amines is 1. The van der Waals surface area contributed by atoms with Crippen LogP contribution in [-0.4, -0.2) is 76.7 Å². The zero-order valence-electron chi connectivity index (χ0n) is 20.5. The Morgan fingerprint density at radius 1 is 1.16 bits per heavy atom. The third kappa shape index (κ3) is 4.96. The van der Waals surface area contributed by atoms with Gasteiger partial charge in [-0.2, -0.15) is 8.78 Å². The van der Waals surface area contributed by atoms with E-state index in [-0.39, 0.29) is 23.8 Å². The van der Waals surface area contributed by atoms with Gasteiger partial charge in [0.1, 0.15) is 18.2 Å². The van der Waals surface area contributed by atoms with Crippen LogP contribution in [0.5, 0.6) is 0 Å². The van der Waals surface area contributed by atoms with Gasteiger partial charge in [-0.3, -0.25) is 9.29 Å². The molecule has 3 heterocycles. The highest BCUT2D eigenvalue weighted by Crippen LogP contribution is 2.39. The first-order valence-electron chi connectivity index (χ1n) is 12.4. The second-order valence-electron chi connectivity index (χ2n) is 10.0. The van der Waals surface area contributed by atoms with Gasteiger partial charge in [0.2, 0.25) is 12.6 Å². The summed E-state index contributed by atoms with van der Waals surface area (Å²) >= 11 is 0. The number of alkyl halides is 3. The molecule has 0 spiro atoms. The lowest BCUT2D eigenvalue weighted by Gasteiger charge is -2.40. The molecule has 37 heavy (non-hydrogen) atoms. The van der Waals surface area contributed by atoms with Crippen LogP contribution in [0.2, 0.25) is 0 Å². The van der Waals surface area contributed by atoms with Gasteiger partial charge in [-0.15, -0.1) is 0 Å². The summed E-state index contributed by atoms with van der Waals surface area (Å²) in [4.78, 5) is 5.16. The van der Waals surface area contributed by atoms with Crippen LogP contribution in [0.4, 0.5) is 27.6 Å². The molecule has 0 aliphatic carbocycles. The largest absolute Gasteiger partial charge is 0.390 e. The number of hydrogen-bond donors (Lipinski definition) is 3. The Labute approximate surface area is 211 Å². The molecule has 1 aromatic heterocycles. The summed E-state index contributed by atoms with van der Waals surface area (Å²) < 4.78 is 72.8. The Balaban J connectivity index is 1.49. The van der Waals surface area contributed by atoms with E-state index in [9.17, 15) is 22.7 Å². The van der Waals surface area contributed by atoms with Gasteiger partial charge in [0.25, 0.3) is 0 Å². The number of anilines is 1. The van der Waals surface area contributed by atoms with E-state index in [0.717, 1.165) is 18.7 Å². The van der Waals surface area contributed by atoms with Crippen molar-refractivity contribution in [3.8, 4) is 0 Å². The highest BCUT2D eigenvalue weighted by atomic mass is 19.3. The van der Waals surface area contributed by atoms with Gasteiger partial charge >= 0.3 is 5.92 Å². The van der Waals surface area contributed by atoms with E-state index >= 15 is 4.39 Å². The van der Waals surface area contributed by atoms with E-state index in [1.165, 1.54) is 16.7 Å². The first kappa shape index (κ1) is 25.7. The number of hydrogen-bond acceptors (Lipinski definition) is 3. The smallest absolute Gasteiger partial charge is 0.327 e. The summed E-state index contributed by atoms with van der Waals surface area (Å²) in [5.74, 6) is -4.47. The monoisotopic (exact) mass is 521 g/mol. The van der Waals surface area contributed by atoms with E-state index in [1.54, 1.807) is 31.2 Å². The number of aliphatic hydroxyl groups is 1. The molecule has 198 valence electrons. The Morgan fingerprint density at radius 3 is 2.65 bits per heavy atom. The highest BCUT2D eigenvalue weighted by molar-refractivity contribution is 5.92. The molecule has 0 bridgehead atoms. The van der Waals surface area contributed by atoms with Gasteiger partial charge in [0.15, 0.2) is 5.71 Å². The molecular weight excluding hydrogens is 491 g/mol. The molecule has 1 unspecified atom stereocenters. The number of halogens is 5. The molecule has 3 aromatic rings. The third-order valence-corrected chi connectivity index (χ3v) is 7.30. The van der Waals surface area contributed by atoms with Gasteiger partial charge in [-0.25, -0.2) is 13.4 Å². The number of H-pyrrole nitrogens is 1. The van der Waals surface area contributed by atoms with Gasteiger partial charge in [-0.05, 0) is 36.2 Å². The predicted octanol–water partition coefficient (Wildman–Crippen LogP) is 4.65. The molecule has 5 rings (SSSR count). The quantitative estimate of drug-likeness (QED) is 0.284. The molecule has 2 aromatic carbocycles. The number of nitrogens with zero attached hydrogens (tertiary/aromatic N) is 2. The molecule has 10 heteroatoms. The van der Waals surface area contributed by atoms with Crippen LogP contribution in [0.3, 0.4) is 0 Å². The summed E-state index contributed by atoms with van der Waals surface area (Å²) in [6, 6.07) is 8.42. The number of aliphatic hydroxyl groups excluding tert-OH is 1. The van der Waals surface area contributed by atoms with Crippen molar-refractivity contribution in [2.45, 2.75) is 37.8 Å². The Bertz CT molecular complexity index is 1330. The topological polar surface area (TPSA) is 54.3 Å². The van der Waals surface area contributed by atoms with Crippen LogP contribution in [0, 0.1) is 11.6 Å². The lowest BCUT2D eigenvalue weighted by molar-refractivity contribution is -0.585. The summed E-state index contributed by atoms with van der Waals surface area (Å²) in [7, 11) is 0. The standard InChI is InChI=1S/C27H30F5N4O/c1-16-10-21-19-4-2-5-22(29)24(19)34-25(21)26(36(16)14-27(31,32)15-37)20-7-6-17(11-23(20)30)33-18-12-35(13-18)9-3-8-28/h2,4-7,11,18,26,33-34,37H,3,8-10,12-15H2,1H3/q+1. The first-order chi connectivity index (χ1) is 17.7. The van der Waals surface area contributed by atoms with E-state index in [1.807, 2.05) is 0 Å². The normalized spacial score (nSPS) is 18.8. The lowest BCUT2D eigenvalue weighted by Crippen LogP contribution is -2.54. The molecular formula is C27H30F5N4O+. The van der Waals surface area contributed by atoms with Crippen molar-refractivity contribution in [2.75, 3.05) is 44.8 Å². The molecule has 0 amide bonds. The molecule has 0 saturated carbocycles. The van der Waals surface area contributed by atoms with Crippen LogP contribution in [0.15, 0.2) is 36.4 Å². The van der Waals surface area contributed by atoms with Gasteiger partial charge in [0, 0.05) is 37.6 Å². The van der Waals surface area contributed by atoms with Crippen molar-refractivity contribution in [1.29, 1.82) is 0 Å². The summed E-state index contributed by atoms with van der Waals surface area (Å²) in [5, 5.41) is 13.1. The van der Waals surface area contributed by atoms with E-state index < -0.39 is 36.8 Å². The molecule has 5 nitrogen and oxygen atoms in total. The molecule has 1 saturated heterocycles. The van der Waals surface area contributed by atoms with Crippen LogP contribution in [0.1, 0.15) is 36.2 Å². The van der Waals surface area contributed by atoms with Crippen LogP contribution in [0.25, 0.3) is 10.9 Å². The number of benzene rings is 2. The van der Waals surface area contributed by atoms with Gasteiger partial charge in [0.05, 0.1) is 35.9 Å². The van der Waals surface area contributed by atoms with E-state index in [4.69, 9.17) is 0 Å². The maximum atomic E-state index is 15.6. The molecule has 0 radical (unpaired) electrons. The van der Waals surface area contributed by atoms with Crippen molar-refractivity contribution in [1.82, 2.24) is 9.88 Å². The first-order valence-corrected chi connectivity index (χ1v) is 12.4. The number of likely N-dealkylation sites (tertiary alicyclic amines) is 1. The van der Waals surface area contributed by atoms with E-state index in [2.05, 4.69) is 15.2 Å². The number of rotatable bonds is 9. The zero-order valence-corrected chi connectivity index (χ0v) is 20.5. The van der Waals surface area contributed by atoms with Crippen molar-refractivity contribution in [2.24, 2.45) is 0 Å².